The van der Waals surface area contributed by atoms with Gasteiger partial charge >= 0.3 is 0 Å². The Labute approximate surface area is 123 Å². The highest BCUT2D eigenvalue weighted by Crippen LogP contribution is 2.28. The minimum atomic E-state index is -2.90. The van der Waals surface area contributed by atoms with Crippen LogP contribution >= 0.6 is 0 Å². The normalized spacial score (nSPS) is 23.8. The largest absolute Gasteiger partial charge is 0.482 e. The Balaban J connectivity index is 1.63. The van der Waals surface area contributed by atoms with Crippen molar-refractivity contribution in [1.29, 1.82) is 0 Å². The first-order valence-electron chi connectivity index (χ1n) is 7.01. The van der Waals surface area contributed by atoms with Crippen LogP contribution in [0.5, 0.6) is 5.75 Å². The van der Waals surface area contributed by atoms with Crippen LogP contribution in [0.25, 0.3) is 0 Å². The lowest BCUT2D eigenvalue weighted by atomic mass is 10.1. The van der Waals surface area contributed by atoms with Crippen LogP contribution in [0.15, 0.2) is 18.2 Å². The van der Waals surface area contributed by atoms with E-state index in [9.17, 15) is 13.2 Å². The summed E-state index contributed by atoms with van der Waals surface area (Å²) in [6, 6.07) is 5.60. The van der Waals surface area contributed by atoms with Crippen LogP contribution in [0, 0.1) is 0 Å². The summed E-state index contributed by atoms with van der Waals surface area (Å²) in [7, 11) is -2.90. The second-order valence-corrected chi connectivity index (χ2v) is 7.73. The molecule has 0 radical (unpaired) electrons. The third kappa shape index (κ3) is 3.54. The number of ether oxygens (including phenoxy) is 1. The van der Waals surface area contributed by atoms with E-state index in [2.05, 4.69) is 10.6 Å². The zero-order valence-corrected chi connectivity index (χ0v) is 12.4. The van der Waals surface area contributed by atoms with E-state index in [1.165, 1.54) is 0 Å². The maximum atomic E-state index is 11.6. The summed E-state index contributed by atoms with van der Waals surface area (Å²) in [4.78, 5) is 11.3. The van der Waals surface area contributed by atoms with Crippen molar-refractivity contribution >= 4 is 21.4 Å². The van der Waals surface area contributed by atoms with Gasteiger partial charge in [-0.2, -0.15) is 0 Å². The minimum Gasteiger partial charge on any atom is -0.482 e. The Morgan fingerprint density at radius 1 is 1.38 bits per heavy atom. The fourth-order valence-electron chi connectivity index (χ4n) is 2.69. The molecule has 0 spiro atoms. The first kappa shape index (κ1) is 14.3. The van der Waals surface area contributed by atoms with Crippen molar-refractivity contribution in [2.24, 2.45) is 0 Å². The molecular formula is C14H18N2O4S. The van der Waals surface area contributed by atoms with E-state index < -0.39 is 9.84 Å². The summed E-state index contributed by atoms with van der Waals surface area (Å²) in [5.74, 6) is 1.01. The lowest BCUT2D eigenvalue weighted by Crippen LogP contribution is -2.39. The van der Waals surface area contributed by atoms with Crippen molar-refractivity contribution in [3.8, 4) is 5.75 Å². The van der Waals surface area contributed by atoms with Crippen LogP contribution in [-0.4, -0.2) is 38.5 Å². The SMILES string of the molecule is O=C1COc2ccc(CNC3CCCS(=O)(=O)C3)cc2N1. The number of fused-ring (bicyclic) bond motifs is 1. The number of hydrogen-bond acceptors (Lipinski definition) is 5. The van der Waals surface area contributed by atoms with Gasteiger partial charge in [0.15, 0.2) is 16.4 Å². The number of anilines is 1. The van der Waals surface area contributed by atoms with Crippen molar-refractivity contribution in [1.82, 2.24) is 5.32 Å². The number of carbonyl (C=O) groups is 1. The lowest BCUT2D eigenvalue weighted by Gasteiger charge is -2.23. The summed E-state index contributed by atoms with van der Waals surface area (Å²) in [6.07, 6.45) is 1.60. The van der Waals surface area contributed by atoms with E-state index >= 15 is 0 Å². The van der Waals surface area contributed by atoms with E-state index in [0.29, 0.717) is 30.2 Å². The van der Waals surface area contributed by atoms with Gasteiger partial charge < -0.3 is 15.4 Å². The van der Waals surface area contributed by atoms with Crippen LogP contribution < -0.4 is 15.4 Å². The van der Waals surface area contributed by atoms with Gasteiger partial charge in [-0.1, -0.05) is 6.07 Å². The number of rotatable bonds is 3. The molecule has 0 bridgehead atoms. The molecule has 1 amide bonds. The summed E-state index contributed by atoms with van der Waals surface area (Å²) < 4.78 is 28.5. The summed E-state index contributed by atoms with van der Waals surface area (Å²) >= 11 is 0. The third-order valence-corrected chi connectivity index (χ3v) is 5.56. The standard InChI is InChI=1S/C14H18N2O4S/c17-14-8-20-13-4-3-10(6-12(13)16-14)7-15-11-2-1-5-21(18,19)9-11/h3-4,6,11,15H,1-2,5,7-9H2,(H,16,17). The zero-order chi connectivity index (χ0) is 14.9. The van der Waals surface area contributed by atoms with Crippen molar-refractivity contribution < 1.29 is 17.9 Å². The first-order chi connectivity index (χ1) is 10.0. The zero-order valence-electron chi connectivity index (χ0n) is 11.6. The Hall–Kier alpha value is -1.60. The molecule has 1 atom stereocenters. The Morgan fingerprint density at radius 2 is 2.24 bits per heavy atom. The Bertz CT molecular complexity index is 657. The summed E-state index contributed by atoms with van der Waals surface area (Å²) in [5, 5.41) is 6.04. The second-order valence-electron chi connectivity index (χ2n) is 5.50. The molecule has 0 aromatic heterocycles. The fourth-order valence-corrected chi connectivity index (χ4v) is 4.36. The quantitative estimate of drug-likeness (QED) is 0.858. The highest BCUT2D eigenvalue weighted by molar-refractivity contribution is 7.91. The molecule has 0 aliphatic carbocycles. The number of benzene rings is 1. The van der Waals surface area contributed by atoms with Gasteiger partial charge in [0.25, 0.3) is 5.91 Å². The Kier molecular flexibility index (Phi) is 3.86. The topological polar surface area (TPSA) is 84.5 Å². The highest BCUT2D eigenvalue weighted by atomic mass is 32.2. The van der Waals surface area contributed by atoms with Gasteiger partial charge in [-0.15, -0.1) is 0 Å². The molecule has 3 rings (SSSR count). The first-order valence-corrected chi connectivity index (χ1v) is 8.83. The number of hydrogen-bond donors (Lipinski definition) is 2. The molecule has 1 saturated heterocycles. The van der Waals surface area contributed by atoms with E-state index in [-0.39, 0.29) is 24.3 Å². The Morgan fingerprint density at radius 3 is 3.05 bits per heavy atom. The fraction of sp³-hybridized carbons (Fsp3) is 0.500. The van der Waals surface area contributed by atoms with Gasteiger partial charge in [-0.25, -0.2) is 8.42 Å². The maximum absolute atomic E-state index is 11.6. The average Bonchev–Trinajstić information content (AvgIpc) is 2.43. The molecule has 0 saturated carbocycles. The van der Waals surface area contributed by atoms with Crippen molar-refractivity contribution in [3.05, 3.63) is 23.8 Å². The van der Waals surface area contributed by atoms with Gasteiger partial charge in [0, 0.05) is 12.6 Å². The van der Waals surface area contributed by atoms with Crippen LogP contribution in [0.4, 0.5) is 5.69 Å². The van der Waals surface area contributed by atoms with Gasteiger partial charge in [0.2, 0.25) is 0 Å². The number of sulfone groups is 1. The molecule has 1 aromatic carbocycles. The van der Waals surface area contributed by atoms with Crippen LogP contribution in [-0.2, 0) is 21.2 Å². The van der Waals surface area contributed by atoms with Gasteiger partial charge in [-0.05, 0) is 30.5 Å². The molecule has 1 fully saturated rings. The predicted molar refractivity (Wildman–Crippen MR) is 79.1 cm³/mol. The van der Waals surface area contributed by atoms with E-state index in [1.807, 2.05) is 18.2 Å². The number of amides is 1. The molecule has 6 nitrogen and oxygen atoms in total. The minimum absolute atomic E-state index is 0.00521. The second kappa shape index (κ2) is 5.65. The molecular weight excluding hydrogens is 292 g/mol. The van der Waals surface area contributed by atoms with E-state index in [1.54, 1.807) is 0 Å². The molecule has 114 valence electrons. The third-order valence-electron chi connectivity index (χ3n) is 3.73. The molecule has 2 heterocycles. The van der Waals surface area contributed by atoms with E-state index in [0.717, 1.165) is 12.0 Å². The highest BCUT2D eigenvalue weighted by Gasteiger charge is 2.24. The smallest absolute Gasteiger partial charge is 0.262 e. The molecule has 1 aromatic rings. The molecule has 2 aliphatic rings. The van der Waals surface area contributed by atoms with Gasteiger partial charge in [-0.3, -0.25) is 4.79 Å². The van der Waals surface area contributed by atoms with Crippen LogP contribution in [0.3, 0.4) is 0 Å². The maximum Gasteiger partial charge on any atom is 0.262 e. The molecule has 2 aliphatic heterocycles. The van der Waals surface area contributed by atoms with Crippen molar-refractivity contribution in [3.63, 3.8) is 0 Å². The lowest BCUT2D eigenvalue weighted by molar-refractivity contribution is -0.118. The average molecular weight is 310 g/mol. The van der Waals surface area contributed by atoms with Gasteiger partial charge in [0.1, 0.15) is 5.75 Å². The molecule has 2 N–H and O–H groups in total. The number of carbonyl (C=O) groups excluding carboxylic acids is 1. The van der Waals surface area contributed by atoms with Crippen LogP contribution in [0.1, 0.15) is 18.4 Å². The summed E-state index contributed by atoms with van der Waals surface area (Å²) in [6.45, 7) is 0.619. The van der Waals surface area contributed by atoms with Crippen molar-refractivity contribution in [2.75, 3.05) is 23.4 Å². The van der Waals surface area contributed by atoms with E-state index in [4.69, 9.17) is 4.74 Å². The molecule has 1 unspecified atom stereocenters. The molecule has 21 heavy (non-hydrogen) atoms. The molecule has 7 heteroatoms. The summed E-state index contributed by atoms with van der Waals surface area (Å²) in [5.41, 5.74) is 1.66. The monoisotopic (exact) mass is 310 g/mol. The van der Waals surface area contributed by atoms with Crippen molar-refractivity contribution in [2.45, 2.75) is 25.4 Å². The predicted octanol–water partition coefficient (Wildman–Crippen LogP) is 0.684. The van der Waals surface area contributed by atoms with Gasteiger partial charge in [0.05, 0.1) is 17.2 Å². The van der Waals surface area contributed by atoms with Crippen LogP contribution in [0.2, 0.25) is 0 Å². The number of nitrogens with one attached hydrogen (secondary N) is 2.